The molecule has 0 spiro atoms. The molecule has 2 rings (SSSR count). The molecule has 0 unspecified atom stereocenters. The molecule has 1 N–H and O–H groups in total. The minimum absolute atomic E-state index is 0.0337. The van der Waals surface area contributed by atoms with Gasteiger partial charge in [0.25, 0.3) is 5.91 Å². The molecule has 0 atom stereocenters. The highest BCUT2D eigenvalue weighted by atomic mass is 35.5. The molecule has 2 aromatic rings. The number of anilines is 1. The monoisotopic (exact) mass is 381 g/mol. The highest BCUT2D eigenvalue weighted by molar-refractivity contribution is 6.32. The van der Waals surface area contributed by atoms with Gasteiger partial charge in [0.2, 0.25) is 0 Å². The lowest BCUT2D eigenvalue weighted by molar-refractivity contribution is -0.137. The summed E-state index contributed by atoms with van der Waals surface area (Å²) in [4.78, 5) is 11.7. The van der Waals surface area contributed by atoms with Crippen LogP contribution in [0.4, 0.5) is 23.2 Å². The van der Waals surface area contributed by atoms with Crippen LogP contribution in [-0.2, 0) is 11.0 Å². The molecule has 0 fully saturated rings. The van der Waals surface area contributed by atoms with Crippen LogP contribution in [0.3, 0.4) is 0 Å². The third-order valence-corrected chi connectivity index (χ3v) is 3.43. The Labute approximate surface area is 144 Å². The second kappa shape index (κ2) is 7.27. The average Bonchev–Trinajstić information content (AvgIpc) is 2.47. The van der Waals surface area contributed by atoms with Crippen molar-refractivity contribution in [3.05, 3.63) is 57.8 Å². The molecule has 0 bridgehead atoms. The summed E-state index contributed by atoms with van der Waals surface area (Å²) in [6, 6.07) is 6.29. The van der Waals surface area contributed by atoms with E-state index in [2.05, 4.69) is 5.32 Å². The zero-order chi connectivity index (χ0) is 17.9. The molecule has 1 amide bonds. The Morgan fingerprint density at radius 2 is 1.79 bits per heavy atom. The van der Waals surface area contributed by atoms with Gasteiger partial charge in [0.1, 0.15) is 11.6 Å². The summed E-state index contributed by atoms with van der Waals surface area (Å²) in [6.45, 7) is -0.519. The first-order chi connectivity index (χ1) is 11.2. The van der Waals surface area contributed by atoms with Gasteiger partial charge in [-0.1, -0.05) is 23.2 Å². The second-order valence-electron chi connectivity index (χ2n) is 4.60. The minimum atomic E-state index is -4.64. The third kappa shape index (κ3) is 4.75. The van der Waals surface area contributed by atoms with Crippen LogP contribution in [0.1, 0.15) is 5.56 Å². The molecule has 128 valence electrons. The smallest absolute Gasteiger partial charge is 0.417 e. The highest BCUT2D eigenvalue weighted by Crippen LogP contribution is 2.36. The Hall–Kier alpha value is -1.99. The predicted molar refractivity (Wildman–Crippen MR) is 82.0 cm³/mol. The Kier molecular flexibility index (Phi) is 5.56. The molecule has 0 radical (unpaired) electrons. The van der Waals surface area contributed by atoms with Gasteiger partial charge in [-0.05, 0) is 36.4 Å². The number of halogens is 6. The molecule has 0 saturated heterocycles. The second-order valence-corrected chi connectivity index (χ2v) is 5.42. The van der Waals surface area contributed by atoms with E-state index in [1.807, 2.05) is 0 Å². The fraction of sp³-hybridized carbons (Fsp3) is 0.133. The molecule has 0 aliphatic rings. The van der Waals surface area contributed by atoms with Gasteiger partial charge < -0.3 is 10.1 Å². The van der Waals surface area contributed by atoms with Crippen molar-refractivity contribution in [2.45, 2.75) is 6.18 Å². The molecule has 24 heavy (non-hydrogen) atoms. The highest BCUT2D eigenvalue weighted by Gasteiger charge is 2.33. The van der Waals surface area contributed by atoms with Crippen molar-refractivity contribution >= 4 is 34.8 Å². The van der Waals surface area contributed by atoms with Crippen LogP contribution in [0.15, 0.2) is 36.4 Å². The summed E-state index contributed by atoms with van der Waals surface area (Å²) in [6.07, 6.45) is -4.64. The number of carbonyl (C=O) groups excluding carboxylic acids is 1. The van der Waals surface area contributed by atoms with Crippen LogP contribution in [-0.4, -0.2) is 12.5 Å². The number of benzene rings is 2. The van der Waals surface area contributed by atoms with Crippen LogP contribution in [0.5, 0.6) is 5.75 Å². The first-order valence-corrected chi connectivity index (χ1v) is 7.17. The summed E-state index contributed by atoms with van der Waals surface area (Å²) >= 11 is 11.2. The number of rotatable bonds is 4. The van der Waals surface area contributed by atoms with Crippen LogP contribution >= 0.6 is 23.2 Å². The molecule has 0 aromatic heterocycles. The van der Waals surface area contributed by atoms with E-state index < -0.39 is 35.1 Å². The van der Waals surface area contributed by atoms with Gasteiger partial charge in [0, 0.05) is 5.69 Å². The molecule has 3 nitrogen and oxygen atoms in total. The quantitative estimate of drug-likeness (QED) is 0.742. The SMILES string of the molecule is O=C(COc1ccc(F)cc1Cl)Nc1ccc(Cl)c(C(F)(F)F)c1. The average molecular weight is 382 g/mol. The van der Waals surface area contributed by atoms with Crippen molar-refractivity contribution in [2.24, 2.45) is 0 Å². The Morgan fingerprint density at radius 1 is 1.08 bits per heavy atom. The molecule has 2 aromatic carbocycles. The van der Waals surface area contributed by atoms with E-state index in [0.717, 1.165) is 18.2 Å². The Bertz CT molecular complexity index is 766. The minimum Gasteiger partial charge on any atom is -0.482 e. The van der Waals surface area contributed by atoms with Gasteiger partial charge in [-0.2, -0.15) is 13.2 Å². The van der Waals surface area contributed by atoms with E-state index in [0.29, 0.717) is 6.07 Å². The van der Waals surface area contributed by atoms with E-state index >= 15 is 0 Å². The lowest BCUT2D eigenvalue weighted by Gasteiger charge is -2.12. The Balaban J connectivity index is 2.02. The van der Waals surface area contributed by atoms with E-state index in [1.54, 1.807) is 0 Å². The summed E-state index contributed by atoms with van der Waals surface area (Å²) in [5.74, 6) is -1.22. The number of amides is 1. The molecule has 0 heterocycles. The first-order valence-electron chi connectivity index (χ1n) is 6.41. The number of carbonyl (C=O) groups is 1. The van der Waals surface area contributed by atoms with Crippen LogP contribution < -0.4 is 10.1 Å². The predicted octanol–water partition coefficient (Wildman–Crippen LogP) is 5.17. The molecule has 0 saturated carbocycles. The van der Waals surface area contributed by atoms with Crippen LogP contribution in [0.25, 0.3) is 0 Å². The number of alkyl halides is 3. The number of hydrogen-bond donors (Lipinski definition) is 1. The van der Waals surface area contributed by atoms with Crippen molar-refractivity contribution in [3.63, 3.8) is 0 Å². The topological polar surface area (TPSA) is 38.3 Å². The largest absolute Gasteiger partial charge is 0.482 e. The van der Waals surface area contributed by atoms with Crippen molar-refractivity contribution in [1.29, 1.82) is 0 Å². The Morgan fingerprint density at radius 3 is 2.42 bits per heavy atom. The summed E-state index contributed by atoms with van der Waals surface area (Å²) in [5, 5.41) is 1.73. The van der Waals surface area contributed by atoms with Gasteiger partial charge in [-0.15, -0.1) is 0 Å². The normalized spacial score (nSPS) is 11.2. The fourth-order valence-electron chi connectivity index (χ4n) is 1.75. The third-order valence-electron chi connectivity index (χ3n) is 2.81. The van der Waals surface area contributed by atoms with Gasteiger partial charge in [0.05, 0.1) is 15.6 Å². The molecule has 0 aliphatic heterocycles. The number of nitrogens with one attached hydrogen (secondary N) is 1. The standard InChI is InChI=1S/C15H9Cl2F4NO2/c16-11-3-2-9(6-10(11)15(19,20)21)22-14(23)7-24-13-4-1-8(18)5-12(13)17/h1-6H,7H2,(H,22,23). The zero-order valence-electron chi connectivity index (χ0n) is 11.8. The summed E-state index contributed by atoms with van der Waals surface area (Å²) in [7, 11) is 0. The van der Waals surface area contributed by atoms with Gasteiger partial charge >= 0.3 is 6.18 Å². The van der Waals surface area contributed by atoms with E-state index in [4.69, 9.17) is 27.9 Å². The summed E-state index contributed by atoms with van der Waals surface area (Å²) < 4.78 is 56.2. The van der Waals surface area contributed by atoms with E-state index in [-0.39, 0.29) is 16.5 Å². The maximum absolute atomic E-state index is 12.9. The van der Waals surface area contributed by atoms with Crippen LogP contribution in [0.2, 0.25) is 10.0 Å². The maximum Gasteiger partial charge on any atom is 0.417 e. The van der Waals surface area contributed by atoms with Gasteiger partial charge in [-0.25, -0.2) is 4.39 Å². The zero-order valence-corrected chi connectivity index (χ0v) is 13.3. The molecular weight excluding hydrogens is 373 g/mol. The number of ether oxygens (including phenoxy) is 1. The van der Waals surface area contributed by atoms with Crippen LogP contribution in [0, 0.1) is 5.82 Å². The van der Waals surface area contributed by atoms with Gasteiger partial charge in [0.15, 0.2) is 6.61 Å². The lowest BCUT2D eigenvalue weighted by atomic mass is 10.2. The lowest BCUT2D eigenvalue weighted by Crippen LogP contribution is -2.20. The maximum atomic E-state index is 12.9. The summed E-state index contributed by atoms with van der Waals surface area (Å²) in [5.41, 5.74) is -1.16. The van der Waals surface area contributed by atoms with Crippen molar-refractivity contribution in [3.8, 4) is 5.75 Å². The first kappa shape index (κ1) is 18.4. The molecule has 9 heteroatoms. The van der Waals surface area contributed by atoms with Crippen molar-refractivity contribution in [2.75, 3.05) is 11.9 Å². The van der Waals surface area contributed by atoms with Crippen molar-refractivity contribution in [1.82, 2.24) is 0 Å². The van der Waals surface area contributed by atoms with E-state index in [9.17, 15) is 22.4 Å². The van der Waals surface area contributed by atoms with E-state index in [1.165, 1.54) is 12.1 Å². The fourth-order valence-corrected chi connectivity index (χ4v) is 2.20. The molecule has 0 aliphatic carbocycles. The van der Waals surface area contributed by atoms with Gasteiger partial charge in [-0.3, -0.25) is 4.79 Å². The number of hydrogen-bond acceptors (Lipinski definition) is 2. The molecular formula is C15H9Cl2F4NO2. The van der Waals surface area contributed by atoms with Crippen molar-refractivity contribution < 1.29 is 27.1 Å².